The normalized spacial score (nSPS) is 15.2. The molecule has 0 spiro atoms. The van der Waals surface area contributed by atoms with Gasteiger partial charge in [-0.1, -0.05) is 12.8 Å². The molecule has 0 atom stereocenters. The molecule has 0 bridgehead atoms. The Morgan fingerprint density at radius 3 is 2.68 bits per heavy atom. The molecule has 0 unspecified atom stereocenters. The van der Waals surface area contributed by atoms with Crippen molar-refractivity contribution >= 4 is 18.1 Å². The second-order valence-electron chi connectivity index (χ2n) is 5.46. The minimum Gasteiger partial charge on any atom is -0.378 e. The van der Waals surface area contributed by atoms with Gasteiger partial charge in [-0.05, 0) is 12.8 Å². The third kappa shape index (κ3) is 4.19. The first-order valence-electron chi connectivity index (χ1n) is 7.28. The summed E-state index contributed by atoms with van der Waals surface area (Å²) in [5.41, 5.74) is 1.83. The topological polar surface area (TPSA) is 47.7 Å². The quantitative estimate of drug-likeness (QED) is 0.881. The van der Waals surface area contributed by atoms with Crippen LogP contribution in [0.5, 0.6) is 0 Å². The Morgan fingerprint density at radius 1 is 1.18 bits per heavy atom. The molecule has 122 valence electrons. The van der Waals surface area contributed by atoms with Crippen molar-refractivity contribution in [3.63, 3.8) is 0 Å². The van der Waals surface area contributed by atoms with E-state index in [2.05, 4.69) is 21.7 Å². The molecular weight excluding hydrogens is 312 g/mol. The fourth-order valence-corrected chi connectivity index (χ4v) is 2.74. The lowest BCUT2D eigenvalue weighted by molar-refractivity contribution is 0.122. The molecule has 0 radical (unpaired) electrons. The molecule has 1 saturated carbocycles. The molecule has 5 nitrogen and oxygen atoms in total. The zero-order chi connectivity index (χ0) is 14.7. The number of alkyl halides is 2. The Bertz CT molecular complexity index is 577. The average molecular weight is 332 g/mol. The molecule has 2 aromatic rings. The standard InChI is InChI=1S/C14H19F2N5.ClH/c15-14(16)10-20-9-12(7-18-20)17-5-11-6-19-21(8-11)13-3-1-2-4-13;/h6-9,13-14,17H,1-5,10H2;1H. The first-order chi connectivity index (χ1) is 10.2. The van der Waals surface area contributed by atoms with Crippen LogP contribution in [-0.2, 0) is 13.1 Å². The number of nitrogens with one attached hydrogen (secondary N) is 1. The Hall–Kier alpha value is -1.63. The van der Waals surface area contributed by atoms with Crippen molar-refractivity contribution in [2.24, 2.45) is 0 Å². The van der Waals surface area contributed by atoms with Crippen LogP contribution in [0.15, 0.2) is 24.8 Å². The fraction of sp³-hybridized carbons (Fsp3) is 0.571. The monoisotopic (exact) mass is 331 g/mol. The molecule has 1 fully saturated rings. The van der Waals surface area contributed by atoms with Gasteiger partial charge < -0.3 is 5.32 Å². The largest absolute Gasteiger partial charge is 0.378 e. The molecule has 1 aliphatic carbocycles. The van der Waals surface area contributed by atoms with Gasteiger partial charge in [0.15, 0.2) is 0 Å². The molecule has 0 amide bonds. The number of rotatable bonds is 6. The lowest BCUT2D eigenvalue weighted by Gasteiger charge is -2.08. The van der Waals surface area contributed by atoms with Crippen molar-refractivity contribution in [1.82, 2.24) is 19.6 Å². The summed E-state index contributed by atoms with van der Waals surface area (Å²) in [5, 5.41) is 11.5. The van der Waals surface area contributed by atoms with Crippen LogP contribution in [0.2, 0.25) is 0 Å². The Morgan fingerprint density at radius 2 is 1.95 bits per heavy atom. The number of anilines is 1. The van der Waals surface area contributed by atoms with Gasteiger partial charge in [0.1, 0.15) is 6.54 Å². The van der Waals surface area contributed by atoms with E-state index in [0.29, 0.717) is 12.6 Å². The van der Waals surface area contributed by atoms with Gasteiger partial charge in [0.05, 0.1) is 24.1 Å². The molecule has 0 aliphatic heterocycles. The van der Waals surface area contributed by atoms with Crippen molar-refractivity contribution in [2.45, 2.75) is 51.2 Å². The molecular formula is C14H20ClF2N5. The number of hydrogen-bond donors (Lipinski definition) is 1. The van der Waals surface area contributed by atoms with Crippen LogP contribution in [-0.4, -0.2) is 26.0 Å². The third-order valence-corrected chi connectivity index (χ3v) is 3.81. The summed E-state index contributed by atoms with van der Waals surface area (Å²) in [5.74, 6) is 0. The predicted molar refractivity (Wildman–Crippen MR) is 82.5 cm³/mol. The maximum Gasteiger partial charge on any atom is 0.257 e. The zero-order valence-corrected chi connectivity index (χ0v) is 13.0. The highest BCUT2D eigenvalue weighted by Crippen LogP contribution is 2.28. The lowest BCUT2D eigenvalue weighted by atomic mass is 10.2. The minimum absolute atomic E-state index is 0. The highest BCUT2D eigenvalue weighted by atomic mass is 35.5. The fourth-order valence-electron chi connectivity index (χ4n) is 2.74. The zero-order valence-electron chi connectivity index (χ0n) is 12.2. The first-order valence-corrected chi connectivity index (χ1v) is 7.28. The SMILES string of the molecule is Cl.FC(F)Cn1cc(NCc2cnn(C3CCCC3)c2)cn1. The molecule has 3 rings (SSSR count). The highest BCUT2D eigenvalue weighted by molar-refractivity contribution is 5.85. The van der Waals surface area contributed by atoms with Crippen molar-refractivity contribution in [2.75, 3.05) is 5.32 Å². The van der Waals surface area contributed by atoms with E-state index in [1.807, 2.05) is 10.9 Å². The van der Waals surface area contributed by atoms with Crippen LogP contribution in [0.3, 0.4) is 0 Å². The van der Waals surface area contributed by atoms with Gasteiger partial charge in [0.2, 0.25) is 0 Å². The van der Waals surface area contributed by atoms with Gasteiger partial charge in [-0.15, -0.1) is 12.4 Å². The molecule has 0 aromatic carbocycles. The Labute approximate surface area is 134 Å². The van der Waals surface area contributed by atoms with Gasteiger partial charge in [-0.25, -0.2) is 8.78 Å². The molecule has 1 aliphatic rings. The van der Waals surface area contributed by atoms with E-state index < -0.39 is 6.43 Å². The van der Waals surface area contributed by atoms with Crippen molar-refractivity contribution in [1.29, 1.82) is 0 Å². The van der Waals surface area contributed by atoms with Crippen LogP contribution in [0, 0.1) is 0 Å². The van der Waals surface area contributed by atoms with Crippen LogP contribution >= 0.6 is 12.4 Å². The maximum atomic E-state index is 12.2. The van der Waals surface area contributed by atoms with Gasteiger partial charge in [-0.2, -0.15) is 10.2 Å². The van der Waals surface area contributed by atoms with Gasteiger partial charge in [0, 0.05) is 24.5 Å². The summed E-state index contributed by atoms with van der Waals surface area (Å²) < 4.78 is 27.8. The van der Waals surface area contributed by atoms with Crippen molar-refractivity contribution in [3.8, 4) is 0 Å². The van der Waals surface area contributed by atoms with E-state index in [0.717, 1.165) is 11.3 Å². The third-order valence-electron chi connectivity index (χ3n) is 3.81. The number of halogens is 3. The van der Waals surface area contributed by atoms with E-state index in [9.17, 15) is 8.78 Å². The average Bonchev–Trinajstić information content (AvgIpc) is 3.17. The smallest absolute Gasteiger partial charge is 0.257 e. The van der Waals surface area contributed by atoms with E-state index in [-0.39, 0.29) is 19.0 Å². The predicted octanol–water partition coefficient (Wildman–Crippen LogP) is 3.49. The Kier molecular flexibility index (Phi) is 5.76. The molecule has 22 heavy (non-hydrogen) atoms. The second-order valence-corrected chi connectivity index (χ2v) is 5.46. The summed E-state index contributed by atoms with van der Waals surface area (Å²) in [6.07, 6.45) is 9.65. The van der Waals surface area contributed by atoms with Crippen LogP contribution < -0.4 is 5.32 Å². The summed E-state index contributed by atoms with van der Waals surface area (Å²) in [6, 6.07) is 0.535. The summed E-state index contributed by atoms with van der Waals surface area (Å²) >= 11 is 0. The van der Waals surface area contributed by atoms with Crippen molar-refractivity contribution in [3.05, 3.63) is 30.4 Å². The first kappa shape index (κ1) is 16.7. The van der Waals surface area contributed by atoms with Crippen LogP contribution in [0.25, 0.3) is 0 Å². The highest BCUT2D eigenvalue weighted by Gasteiger charge is 2.17. The van der Waals surface area contributed by atoms with E-state index in [1.165, 1.54) is 30.4 Å². The van der Waals surface area contributed by atoms with Crippen LogP contribution in [0.4, 0.5) is 14.5 Å². The number of aromatic nitrogens is 4. The molecule has 1 N–H and O–H groups in total. The summed E-state index contributed by atoms with van der Waals surface area (Å²) in [6.45, 7) is 0.244. The van der Waals surface area contributed by atoms with Crippen molar-refractivity contribution < 1.29 is 8.78 Å². The van der Waals surface area contributed by atoms with Crippen LogP contribution in [0.1, 0.15) is 37.3 Å². The maximum absolute atomic E-state index is 12.2. The lowest BCUT2D eigenvalue weighted by Crippen LogP contribution is -2.06. The van der Waals surface area contributed by atoms with E-state index in [4.69, 9.17) is 0 Å². The second kappa shape index (κ2) is 7.58. The number of nitrogens with zero attached hydrogens (tertiary/aromatic N) is 4. The Balaban J connectivity index is 0.00000176. The molecule has 0 saturated heterocycles. The van der Waals surface area contributed by atoms with Gasteiger partial charge in [0.25, 0.3) is 6.43 Å². The summed E-state index contributed by atoms with van der Waals surface area (Å²) in [4.78, 5) is 0. The molecule has 2 heterocycles. The molecule has 8 heteroatoms. The minimum atomic E-state index is -2.39. The summed E-state index contributed by atoms with van der Waals surface area (Å²) in [7, 11) is 0. The molecule has 2 aromatic heterocycles. The number of hydrogen-bond acceptors (Lipinski definition) is 3. The van der Waals surface area contributed by atoms with E-state index >= 15 is 0 Å². The van der Waals surface area contributed by atoms with E-state index in [1.54, 1.807) is 12.4 Å². The van der Waals surface area contributed by atoms with Gasteiger partial charge in [-0.3, -0.25) is 9.36 Å². The van der Waals surface area contributed by atoms with Gasteiger partial charge >= 0.3 is 0 Å².